The van der Waals surface area contributed by atoms with Crippen molar-refractivity contribution >= 4 is 18.4 Å². The molecule has 0 bridgehead atoms. The molecule has 5 nitrogen and oxygen atoms in total. The molecule has 1 rings (SSSR count). The number of ether oxygens (including phenoxy) is 1. The molecule has 1 aliphatic rings. The SMILES string of the molecule is CCOP(=O)(CS(=O)CC1CC[C@H](C)O1)OCC. The molecule has 1 saturated heterocycles. The third-order valence-electron chi connectivity index (χ3n) is 2.65. The highest BCUT2D eigenvalue weighted by Crippen LogP contribution is 2.48. The van der Waals surface area contributed by atoms with Crippen molar-refractivity contribution in [2.75, 3.05) is 24.5 Å². The molecule has 0 N–H and O–H groups in total. The second-order valence-corrected chi connectivity index (χ2v) is 8.31. The Morgan fingerprint density at radius 2 is 1.89 bits per heavy atom. The molecule has 0 aromatic rings. The fourth-order valence-electron chi connectivity index (χ4n) is 1.95. The first-order valence-electron chi connectivity index (χ1n) is 6.37. The summed E-state index contributed by atoms with van der Waals surface area (Å²) in [6.07, 6.45) is 2.16. The average Bonchev–Trinajstić information content (AvgIpc) is 2.63. The zero-order valence-corrected chi connectivity index (χ0v) is 13.0. The van der Waals surface area contributed by atoms with E-state index in [1.54, 1.807) is 13.8 Å². The molecule has 7 heteroatoms. The van der Waals surface area contributed by atoms with E-state index in [2.05, 4.69) is 0 Å². The lowest BCUT2D eigenvalue weighted by Crippen LogP contribution is -2.19. The minimum Gasteiger partial charge on any atom is -0.374 e. The van der Waals surface area contributed by atoms with Crippen molar-refractivity contribution in [1.82, 2.24) is 0 Å². The quantitative estimate of drug-likeness (QED) is 0.644. The van der Waals surface area contributed by atoms with E-state index in [0.29, 0.717) is 19.0 Å². The maximum absolute atomic E-state index is 12.2. The number of rotatable bonds is 8. The summed E-state index contributed by atoms with van der Waals surface area (Å²) in [5, 5.41) is 0. The molecule has 1 fully saturated rings. The number of hydrogen-bond donors (Lipinski definition) is 0. The minimum absolute atomic E-state index is 0.0116. The van der Waals surface area contributed by atoms with Crippen LogP contribution in [-0.2, 0) is 29.1 Å². The molecule has 0 saturated carbocycles. The standard InChI is InChI=1S/C11H23O5PS/c1-4-14-17(12,15-5-2)9-18(13)8-11-7-6-10(3)16-11/h10-11H,4-9H2,1-3H3/t10-,11?,18?/m0/s1. The van der Waals surface area contributed by atoms with Crippen LogP contribution in [0.1, 0.15) is 33.6 Å². The summed E-state index contributed by atoms with van der Waals surface area (Å²) < 4.78 is 40.0. The maximum atomic E-state index is 12.2. The van der Waals surface area contributed by atoms with Crippen LogP contribution in [0.2, 0.25) is 0 Å². The molecular formula is C11H23O5PS. The molecule has 0 radical (unpaired) electrons. The van der Waals surface area contributed by atoms with Crippen LogP contribution in [0.15, 0.2) is 0 Å². The molecule has 1 heterocycles. The van der Waals surface area contributed by atoms with Gasteiger partial charge in [-0.15, -0.1) is 0 Å². The molecule has 0 amide bonds. The van der Waals surface area contributed by atoms with Gasteiger partial charge in [-0.2, -0.15) is 0 Å². The molecule has 0 aromatic heterocycles. The Hall–Kier alpha value is 0.260. The molecular weight excluding hydrogens is 275 g/mol. The largest absolute Gasteiger partial charge is 0.374 e. The van der Waals surface area contributed by atoms with E-state index in [1.807, 2.05) is 6.92 Å². The van der Waals surface area contributed by atoms with Gasteiger partial charge < -0.3 is 13.8 Å². The Morgan fingerprint density at radius 1 is 1.28 bits per heavy atom. The van der Waals surface area contributed by atoms with Crippen molar-refractivity contribution in [3.63, 3.8) is 0 Å². The Kier molecular flexibility index (Phi) is 7.03. The van der Waals surface area contributed by atoms with Gasteiger partial charge in [0.1, 0.15) is 5.49 Å². The van der Waals surface area contributed by atoms with Crippen LogP contribution < -0.4 is 0 Å². The Balaban J connectivity index is 2.43. The molecule has 1 aliphatic heterocycles. The molecule has 0 aromatic carbocycles. The smallest absolute Gasteiger partial charge is 0.343 e. The molecule has 0 spiro atoms. The molecule has 2 unspecified atom stereocenters. The van der Waals surface area contributed by atoms with Crippen molar-refractivity contribution in [1.29, 1.82) is 0 Å². The monoisotopic (exact) mass is 298 g/mol. The predicted octanol–water partition coefficient (Wildman–Crippen LogP) is 2.53. The molecule has 18 heavy (non-hydrogen) atoms. The van der Waals surface area contributed by atoms with Gasteiger partial charge in [0.25, 0.3) is 0 Å². The highest BCUT2D eigenvalue weighted by atomic mass is 32.2. The minimum atomic E-state index is -3.20. The van der Waals surface area contributed by atoms with Gasteiger partial charge in [-0.05, 0) is 33.6 Å². The highest BCUT2D eigenvalue weighted by molar-refractivity contribution is 7.92. The molecule has 0 aliphatic carbocycles. The van der Waals surface area contributed by atoms with Gasteiger partial charge in [-0.3, -0.25) is 8.77 Å². The van der Waals surface area contributed by atoms with Crippen molar-refractivity contribution in [3.05, 3.63) is 0 Å². The van der Waals surface area contributed by atoms with E-state index < -0.39 is 18.4 Å². The summed E-state index contributed by atoms with van der Waals surface area (Å²) in [5.41, 5.74) is -0.0388. The summed E-state index contributed by atoms with van der Waals surface area (Å²) in [6, 6.07) is 0. The first-order valence-corrected chi connectivity index (χ1v) is 9.59. The highest BCUT2D eigenvalue weighted by Gasteiger charge is 2.30. The van der Waals surface area contributed by atoms with Gasteiger partial charge in [-0.25, -0.2) is 0 Å². The van der Waals surface area contributed by atoms with Crippen LogP contribution in [0, 0.1) is 0 Å². The van der Waals surface area contributed by atoms with Crippen LogP contribution in [0.25, 0.3) is 0 Å². The van der Waals surface area contributed by atoms with Gasteiger partial charge in [0.15, 0.2) is 0 Å². The average molecular weight is 298 g/mol. The van der Waals surface area contributed by atoms with E-state index >= 15 is 0 Å². The fraction of sp³-hybridized carbons (Fsp3) is 1.00. The van der Waals surface area contributed by atoms with Crippen LogP contribution in [-0.4, -0.2) is 40.9 Å². The lowest BCUT2D eigenvalue weighted by molar-refractivity contribution is 0.0695. The zero-order chi connectivity index (χ0) is 13.6. The zero-order valence-electron chi connectivity index (χ0n) is 11.3. The van der Waals surface area contributed by atoms with Crippen LogP contribution in [0.4, 0.5) is 0 Å². The Morgan fingerprint density at radius 3 is 2.33 bits per heavy atom. The summed E-state index contributed by atoms with van der Waals surface area (Å²) >= 11 is 0. The van der Waals surface area contributed by atoms with Crippen LogP contribution in [0.3, 0.4) is 0 Å². The third kappa shape index (κ3) is 5.49. The van der Waals surface area contributed by atoms with Crippen molar-refractivity contribution < 1.29 is 22.6 Å². The summed E-state index contributed by atoms with van der Waals surface area (Å²) in [4.78, 5) is 0. The second-order valence-electron chi connectivity index (χ2n) is 4.33. The summed E-state index contributed by atoms with van der Waals surface area (Å²) in [6.45, 7) is 6.10. The molecule has 3 atom stereocenters. The van der Waals surface area contributed by atoms with Gasteiger partial charge in [0, 0.05) is 10.8 Å². The van der Waals surface area contributed by atoms with E-state index in [9.17, 15) is 8.77 Å². The number of hydrogen-bond acceptors (Lipinski definition) is 5. The summed E-state index contributed by atoms with van der Waals surface area (Å²) in [7, 11) is -4.44. The first-order chi connectivity index (χ1) is 8.49. The summed E-state index contributed by atoms with van der Waals surface area (Å²) in [5.74, 6) is 0.411. The fourth-order valence-corrected chi connectivity index (χ4v) is 5.90. The van der Waals surface area contributed by atoms with Crippen LogP contribution in [0.5, 0.6) is 0 Å². The topological polar surface area (TPSA) is 61.8 Å². The first kappa shape index (κ1) is 16.3. The van der Waals surface area contributed by atoms with Crippen LogP contribution >= 0.6 is 7.60 Å². The van der Waals surface area contributed by atoms with E-state index in [1.165, 1.54) is 0 Å². The Labute approximate surface area is 112 Å². The van der Waals surface area contributed by atoms with Crippen molar-refractivity contribution in [2.24, 2.45) is 0 Å². The lowest BCUT2D eigenvalue weighted by atomic mass is 10.2. The van der Waals surface area contributed by atoms with E-state index in [-0.39, 0.29) is 17.7 Å². The molecule has 108 valence electrons. The predicted molar refractivity (Wildman–Crippen MR) is 72.3 cm³/mol. The lowest BCUT2D eigenvalue weighted by Gasteiger charge is -2.17. The van der Waals surface area contributed by atoms with Crippen molar-refractivity contribution in [2.45, 2.75) is 45.8 Å². The van der Waals surface area contributed by atoms with E-state index in [4.69, 9.17) is 13.8 Å². The van der Waals surface area contributed by atoms with Crippen molar-refractivity contribution in [3.8, 4) is 0 Å². The van der Waals surface area contributed by atoms with E-state index in [0.717, 1.165) is 12.8 Å². The normalized spacial score (nSPS) is 26.4. The van der Waals surface area contributed by atoms with Gasteiger partial charge >= 0.3 is 7.60 Å². The Bertz CT molecular complexity index is 313. The van der Waals surface area contributed by atoms with Gasteiger partial charge in [0.05, 0.1) is 31.2 Å². The van der Waals surface area contributed by atoms with Gasteiger partial charge in [0.2, 0.25) is 0 Å². The third-order valence-corrected chi connectivity index (χ3v) is 7.11. The van der Waals surface area contributed by atoms with Gasteiger partial charge in [-0.1, -0.05) is 0 Å². The second kappa shape index (κ2) is 7.75. The maximum Gasteiger partial charge on any atom is 0.343 e.